The van der Waals surface area contributed by atoms with Crippen LogP contribution in [0.1, 0.15) is 11.1 Å². The summed E-state index contributed by atoms with van der Waals surface area (Å²) in [6.45, 7) is 1.59. The molecule has 0 amide bonds. The first-order valence-electron chi connectivity index (χ1n) is 8.08. The second-order valence-electron chi connectivity index (χ2n) is 6.09. The van der Waals surface area contributed by atoms with Gasteiger partial charge >= 0.3 is 0 Å². The van der Waals surface area contributed by atoms with Crippen LogP contribution >= 0.6 is 0 Å². The quantitative estimate of drug-likeness (QED) is 0.557. The maximum absolute atomic E-state index is 13.2. The minimum absolute atomic E-state index is 0.0134. The number of hydrogen-bond donors (Lipinski definition) is 1. The van der Waals surface area contributed by atoms with Gasteiger partial charge in [-0.2, -0.15) is 9.78 Å². The van der Waals surface area contributed by atoms with Crippen molar-refractivity contribution in [2.45, 2.75) is 16.8 Å². The first kappa shape index (κ1) is 17.7. The number of aromatic nitrogens is 4. The Morgan fingerprint density at radius 2 is 2.00 bits per heavy atom. The molecule has 0 unspecified atom stereocenters. The van der Waals surface area contributed by atoms with Crippen LogP contribution in [0.4, 0.5) is 0 Å². The van der Waals surface area contributed by atoms with Gasteiger partial charge in [0, 0.05) is 6.07 Å². The van der Waals surface area contributed by atoms with Crippen LogP contribution in [0, 0.1) is 18.3 Å². The van der Waals surface area contributed by atoms with Gasteiger partial charge in [-0.1, -0.05) is 5.21 Å². The van der Waals surface area contributed by atoms with Crippen LogP contribution in [0.5, 0.6) is 5.75 Å². The summed E-state index contributed by atoms with van der Waals surface area (Å²) in [6, 6.07) is 11.0. The summed E-state index contributed by atoms with van der Waals surface area (Å²) in [7, 11) is -2.60. The van der Waals surface area contributed by atoms with Gasteiger partial charge < -0.3 is 9.72 Å². The number of aromatic amines is 1. The molecular formula is C18H13N5O4S. The number of nitriles is 1. The SMILES string of the molecule is COc1ccc2c(=O)[nH]c3c(S(=O)(=O)c4ccc(C#N)cc4C)nnn3c2c1. The number of hydrogen-bond acceptors (Lipinski definition) is 7. The Labute approximate surface area is 158 Å². The molecule has 0 aliphatic rings. The summed E-state index contributed by atoms with van der Waals surface area (Å²) >= 11 is 0. The number of H-pyrrole nitrogens is 1. The monoisotopic (exact) mass is 395 g/mol. The van der Waals surface area contributed by atoms with Crippen LogP contribution in [0.2, 0.25) is 0 Å². The third kappa shape index (κ3) is 2.52. The van der Waals surface area contributed by atoms with Crippen molar-refractivity contribution >= 4 is 26.4 Å². The molecule has 0 spiro atoms. The molecule has 0 fully saturated rings. The minimum atomic E-state index is -4.08. The van der Waals surface area contributed by atoms with Crippen molar-refractivity contribution in [3.63, 3.8) is 0 Å². The van der Waals surface area contributed by atoms with Crippen molar-refractivity contribution in [3.05, 3.63) is 57.9 Å². The van der Waals surface area contributed by atoms with E-state index in [9.17, 15) is 13.2 Å². The second kappa shape index (κ2) is 6.17. The van der Waals surface area contributed by atoms with Crippen molar-refractivity contribution in [2.75, 3.05) is 7.11 Å². The molecule has 140 valence electrons. The lowest BCUT2D eigenvalue weighted by Crippen LogP contribution is -2.12. The molecule has 4 rings (SSSR count). The number of ether oxygens (including phenoxy) is 1. The molecule has 1 N–H and O–H groups in total. The molecule has 4 aromatic rings. The number of benzene rings is 2. The molecular weight excluding hydrogens is 382 g/mol. The zero-order valence-corrected chi connectivity index (χ0v) is 15.6. The lowest BCUT2D eigenvalue weighted by atomic mass is 10.2. The Balaban J connectivity index is 2.02. The van der Waals surface area contributed by atoms with E-state index in [0.29, 0.717) is 27.8 Å². The van der Waals surface area contributed by atoms with Crippen molar-refractivity contribution in [1.82, 2.24) is 19.8 Å². The molecule has 2 aromatic heterocycles. The highest BCUT2D eigenvalue weighted by atomic mass is 32.2. The summed E-state index contributed by atoms with van der Waals surface area (Å²) in [5.74, 6) is 0.488. The number of sulfone groups is 1. The van der Waals surface area contributed by atoms with E-state index in [2.05, 4.69) is 15.3 Å². The number of aryl methyl sites for hydroxylation is 1. The van der Waals surface area contributed by atoms with E-state index in [1.807, 2.05) is 6.07 Å². The normalized spacial score (nSPS) is 11.6. The van der Waals surface area contributed by atoms with Gasteiger partial charge in [-0.3, -0.25) is 4.79 Å². The number of nitrogens with zero attached hydrogens (tertiary/aromatic N) is 4. The molecule has 0 radical (unpaired) electrons. The van der Waals surface area contributed by atoms with Crippen LogP contribution < -0.4 is 10.3 Å². The molecule has 0 bridgehead atoms. The molecule has 0 saturated carbocycles. The highest BCUT2D eigenvalue weighted by molar-refractivity contribution is 7.91. The average molecular weight is 395 g/mol. The van der Waals surface area contributed by atoms with Gasteiger partial charge in [-0.05, 0) is 42.8 Å². The van der Waals surface area contributed by atoms with E-state index >= 15 is 0 Å². The molecule has 0 aliphatic carbocycles. The third-order valence-electron chi connectivity index (χ3n) is 4.40. The fourth-order valence-electron chi connectivity index (χ4n) is 3.03. The van der Waals surface area contributed by atoms with E-state index in [1.54, 1.807) is 25.1 Å². The first-order valence-corrected chi connectivity index (χ1v) is 9.56. The standard InChI is InChI=1S/C18H13N5O4S/c1-10-7-11(9-19)3-6-15(10)28(25,26)18-16-20-17(24)13-5-4-12(27-2)8-14(13)23(16)22-21-18/h3-8H,1-2H3,(H,20,24). The number of fused-ring (bicyclic) bond motifs is 3. The predicted molar refractivity (Wildman–Crippen MR) is 99.0 cm³/mol. The summed E-state index contributed by atoms with van der Waals surface area (Å²) in [6.07, 6.45) is 0. The average Bonchev–Trinajstić information content (AvgIpc) is 3.12. The smallest absolute Gasteiger partial charge is 0.259 e. The molecule has 0 atom stereocenters. The van der Waals surface area contributed by atoms with Crippen LogP contribution in [-0.2, 0) is 9.84 Å². The Morgan fingerprint density at radius 3 is 2.68 bits per heavy atom. The largest absolute Gasteiger partial charge is 0.497 e. The molecule has 0 aliphatic heterocycles. The number of methoxy groups -OCH3 is 1. The van der Waals surface area contributed by atoms with Gasteiger partial charge in [0.05, 0.1) is 34.5 Å². The maximum atomic E-state index is 13.2. The lowest BCUT2D eigenvalue weighted by Gasteiger charge is -2.07. The van der Waals surface area contributed by atoms with Gasteiger partial charge in [0.15, 0.2) is 5.65 Å². The molecule has 2 heterocycles. The summed E-state index contributed by atoms with van der Waals surface area (Å²) in [5, 5.41) is 16.7. The second-order valence-corrected chi connectivity index (χ2v) is 7.92. The fraction of sp³-hybridized carbons (Fsp3) is 0.111. The Hall–Kier alpha value is -3.71. The fourth-order valence-corrected chi connectivity index (χ4v) is 4.50. The minimum Gasteiger partial charge on any atom is -0.497 e. The Bertz CT molecular complexity index is 1460. The Kier molecular flexibility index (Phi) is 3.90. The zero-order chi connectivity index (χ0) is 20.1. The summed E-state index contributed by atoms with van der Waals surface area (Å²) in [4.78, 5) is 15.0. The molecule has 10 heteroatoms. The van der Waals surface area contributed by atoms with E-state index in [1.165, 1.54) is 29.8 Å². The third-order valence-corrected chi connectivity index (χ3v) is 6.22. The summed E-state index contributed by atoms with van der Waals surface area (Å²) < 4.78 is 32.7. The van der Waals surface area contributed by atoms with E-state index in [-0.39, 0.29) is 15.6 Å². The van der Waals surface area contributed by atoms with Crippen LogP contribution in [-0.4, -0.2) is 35.3 Å². The number of rotatable bonds is 3. The molecule has 28 heavy (non-hydrogen) atoms. The van der Waals surface area contributed by atoms with Crippen molar-refractivity contribution < 1.29 is 13.2 Å². The van der Waals surface area contributed by atoms with Gasteiger partial charge in [-0.25, -0.2) is 8.42 Å². The van der Waals surface area contributed by atoms with Gasteiger partial charge in [0.2, 0.25) is 14.9 Å². The molecule has 9 nitrogen and oxygen atoms in total. The first-order chi connectivity index (χ1) is 13.4. The van der Waals surface area contributed by atoms with Crippen molar-refractivity contribution in [3.8, 4) is 11.8 Å². The van der Waals surface area contributed by atoms with E-state index in [0.717, 1.165) is 0 Å². The van der Waals surface area contributed by atoms with Crippen molar-refractivity contribution in [2.24, 2.45) is 0 Å². The Morgan fingerprint density at radius 1 is 1.21 bits per heavy atom. The van der Waals surface area contributed by atoms with Crippen LogP contribution in [0.15, 0.2) is 51.1 Å². The topological polar surface area (TPSA) is 130 Å². The van der Waals surface area contributed by atoms with Gasteiger partial charge in [0.1, 0.15) is 5.75 Å². The predicted octanol–water partition coefficient (Wildman–Crippen LogP) is 1.59. The van der Waals surface area contributed by atoms with Crippen LogP contribution in [0.25, 0.3) is 16.6 Å². The highest BCUT2D eigenvalue weighted by Crippen LogP contribution is 2.27. The van der Waals surface area contributed by atoms with E-state index in [4.69, 9.17) is 10.00 Å². The van der Waals surface area contributed by atoms with Gasteiger partial charge in [-0.15, -0.1) is 5.10 Å². The lowest BCUT2D eigenvalue weighted by molar-refractivity contribution is 0.415. The van der Waals surface area contributed by atoms with Crippen LogP contribution in [0.3, 0.4) is 0 Å². The van der Waals surface area contributed by atoms with E-state index < -0.39 is 15.4 Å². The zero-order valence-electron chi connectivity index (χ0n) is 14.8. The molecule has 2 aromatic carbocycles. The number of nitrogens with one attached hydrogen (secondary N) is 1. The highest BCUT2D eigenvalue weighted by Gasteiger charge is 2.28. The van der Waals surface area contributed by atoms with Crippen molar-refractivity contribution in [1.29, 1.82) is 5.26 Å². The maximum Gasteiger partial charge on any atom is 0.259 e. The molecule has 0 saturated heterocycles. The summed E-state index contributed by atoms with van der Waals surface area (Å²) in [5.41, 5.74) is 0.583. The van der Waals surface area contributed by atoms with Gasteiger partial charge in [0.25, 0.3) is 5.56 Å².